The van der Waals surface area contributed by atoms with E-state index in [9.17, 15) is 0 Å². The SMILES string of the molecule is CC(C)(C)c1ccc(-c2cc(-c3ccccc3)cc(-c3cc(-c4cc(-c5ccccc5)cc(-c5ccc(C(C)(C)C)cc5)n4)cc(-c4cc(-c5ccccc5)cc(-c5ccc(C(C)(C)C)cc5)n4)c3)n2)cc1. The Morgan fingerprint density at radius 2 is 0.403 bits per heavy atom. The second-order valence-electron chi connectivity index (χ2n) is 22.3. The van der Waals surface area contributed by atoms with E-state index in [0.29, 0.717) is 0 Å². The zero-order chi connectivity index (χ0) is 50.2. The van der Waals surface area contributed by atoms with Crippen LogP contribution in [0.15, 0.2) is 218 Å². The Labute approximate surface area is 427 Å². The summed E-state index contributed by atoms with van der Waals surface area (Å²) in [5.74, 6) is 0. The summed E-state index contributed by atoms with van der Waals surface area (Å²) < 4.78 is 0. The van der Waals surface area contributed by atoms with E-state index in [4.69, 9.17) is 15.0 Å². The molecular weight excluding hydrogens is 871 g/mol. The molecule has 0 aliphatic carbocycles. The van der Waals surface area contributed by atoms with Crippen LogP contribution in [0.25, 0.3) is 101 Å². The van der Waals surface area contributed by atoms with Crippen LogP contribution in [0, 0.1) is 0 Å². The quantitative estimate of drug-likeness (QED) is 0.145. The highest BCUT2D eigenvalue weighted by molar-refractivity contribution is 5.86. The van der Waals surface area contributed by atoms with Gasteiger partial charge in [-0.1, -0.05) is 226 Å². The van der Waals surface area contributed by atoms with Crippen molar-refractivity contribution in [2.75, 3.05) is 0 Å². The average Bonchev–Trinajstić information content (AvgIpc) is 3.40. The molecular formula is C69H63N3. The Morgan fingerprint density at radius 3 is 0.611 bits per heavy atom. The molecule has 3 heterocycles. The van der Waals surface area contributed by atoms with E-state index >= 15 is 0 Å². The third-order valence-electron chi connectivity index (χ3n) is 13.8. The van der Waals surface area contributed by atoms with Crippen molar-refractivity contribution < 1.29 is 0 Å². The monoisotopic (exact) mass is 934 g/mol. The van der Waals surface area contributed by atoms with E-state index in [1.807, 2.05) is 0 Å². The van der Waals surface area contributed by atoms with Crippen molar-refractivity contribution in [1.82, 2.24) is 15.0 Å². The summed E-state index contributed by atoms with van der Waals surface area (Å²) in [6, 6.07) is 78.8. The molecule has 0 aliphatic rings. The molecule has 0 saturated heterocycles. The molecule has 72 heavy (non-hydrogen) atoms. The Hall–Kier alpha value is -8.01. The van der Waals surface area contributed by atoms with Gasteiger partial charge in [0.25, 0.3) is 0 Å². The van der Waals surface area contributed by atoms with E-state index in [2.05, 4.69) is 281 Å². The minimum Gasteiger partial charge on any atom is -0.248 e. The van der Waals surface area contributed by atoms with Gasteiger partial charge in [0.2, 0.25) is 0 Å². The molecule has 0 atom stereocenters. The molecule has 0 saturated carbocycles. The first-order chi connectivity index (χ1) is 34.5. The third-order valence-corrected chi connectivity index (χ3v) is 13.8. The van der Waals surface area contributed by atoms with Crippen molar-refractivity contribution in [1.29, 1.82) is 0 Å². The molecule has 0 amide bonds. The Kier molecular flexibility index (Phi) is 12.8. The van der Waals surface area contributed by atoms with Gasteiger partial charge in [-0.15, -0.1) is 0 Å². The molecule has 354 valence electrons. The minimum absolute atomic E-state index is 0.0308. The normalized spacial score (nSPS) is 12.0. The summed E-state index contributed by atoms with van der Waals surface area (Å²) in [7, 11) is 0. The molecule has 7 aromatic carbocycles. The highest BCUT2D eigenvalue weighted by Gasteiger charge is 2.20. The smallest absolute Gasteiger partial charge is 0.0716 e. The number of hydrogen-bond acceptors (Lipinski definition) is 3. The first kappa shape index (κ1) is 47.7. The van der Waals surface area contributed by atoms with Crippen LogP contribution in [0.5, 0.6) is 0 Å². The van der Waals surface area contributed by atoms with E-state index in [-0.39, 0.29) is 16.2 Å². The molecule has 10 rings (SSSR count). The second kappa shape index (κ2) is 19.3. The van der Waals surface area contributed by atoms with E-state index < -0.39 is 0 Å². The van der Waals surface area contributed by atoms with Gasteiger partial charge < -0.3 is 0 Å². The van der Waals surface area contributed by atoms with Crippen LogP contribution in [0.1, 0.15) is 79.0 Å². The van der Waals surface area contributed by atoms with Crippen LogP contribution in [0.3, 0.4) is 0 Å². The lowest BCUT2D eigenvalue weighted by molar-refractivity contribution is 0.590. The van der Waals surface area contributed by atoms with E-state index in [1.165, 1.54) is 16.7 Å². The number of rotatable bonds is 9. The first-order valence-corrected chi connectivity index (χ1v) is 25.2. The number of pyridine rings is 3. The molecule has 0 spiro atoms. The Bertz CT molecular complexity index is 3110. The largest absolute Gasteiger partial charge is 0.248 e. The van der Waals surface area contributed by atoms with Gasteiger partial charge in [0.05, 0.1) is 34.2 Å². The van der Waals surface area contributed by atoms with Gasteiger partial charge in [0.15, 0.2) is 0 Å². The molecule has 0 fully saturated rings. The molecule has 3 nitrogen and oxygen atoms in total. The third kappa shape index (κ3) is 10.5. The molecule has 0 bridgehead atoms. The van der Waals surface area contributed by atoms with E-state index in [0.717, 1.165) is 101 Å². The summed E-state index contributed by atoms with van der Waals surface area (Å²) in [5.41, 5.74) is 22.1. The number of nitrogens with zero attached hydrogens (tertiary/aromatic N) is 3. The zero-order valence-electron chi connectivity index (χ0n) is 43.1. The van der Waals surface area contributed by atoms with Crippen molar-refractivity contribution in [2.45, 2.75) is 78.6 Å². The maximum Gasteiger partial charge on any atom is 0.0716 e. The topological polar surface area (TPSA) is 38.7 Å². The fourth-order valence-electron chi connectivity index (χ4n) is 9.37. The maximum atomic E-state index is 5.54. The van der Waals surface area contributed by atoms with E-state index in [1.54, 1.807) is 0 Å². The molecule has 3 heteroatoms. The number of aromatic nitrogens is 3. The number of hydrogen-bond donors (Lipinski definition) is 0. The van der Waals surface area contributed by atoms with Crippen molar-refractivity contribution in [3.63, 3.8) is 0 Å². The summed E-state index contributed by atoms with van der Waals surface area (Å²) in [6.45, 7) is 20.3. The predicted molar refractivity (Wildman–Crippen MR) is 305 cm³/mol. The lowest BCUT2D eigenvalue weighted by Gasteiger charge is -2.19. The van der Waals surface area contributed by atoms with Gasteiger partial charge in [0, 0.05) is 33.4 Å². The van der Waals surface area contributed by atoms with Gasteiger partial charge in [-0.25, -0.2) is 15.0 Å². The molecule has 0 N–H and O–H groups in total. The standard InChI is InChI=1S/C69H63N3/c1-67(2,3)58-31-25-49(26-32-58)61-40-52(46-19-13-10-14-20-46)43-64(70-61)55-37-56(65-44-53(47-21-15-11-16-22-47)41-62(71-65)50-27-33-59(34-28-50)68(4,5)6)39-57(38-55)66-45-54(48-23-17-12-18-24-48)42-63(72-66)51-29-35-60(36-30-51)69(7,8)9/h10-45H,1-9H3. The predicted octanol–water partition coefficient (Wildman–Crippen LogP) is 18.8. The minimum atomic E-state index is 0.0308. The van der Waals surface area contributed by atoms with Crippen LogP contribution in [0.2, 0.25) is 0 Å². The Morgan fingerprint density at radius 1 is 0.194 bits per heavy atom. The van der Waals surface area contributed by atoms with Gasteiger partial charge in [-0.2, -0.15) is 0 Å². The van der Waals surface area contributed by atoms with Crippen molar-refractivity contribution in [2.24, 2.45) is 0 Å². The fraction of sp³-hybridized carbons (Fsp3) is 0.174. The van der Waals surface area contributed by atoms with Crippen LogP contribution in [-0.2, 0) is 16.2 Å². The highest BCUT2D eigenvalue weighted by Crippen LogP contribution is 2.40. The molecule has 0 aliphatic heterocycles. The van der Waals surface area contributed by atoms with Crippen molar-refractivity contribution in [3.05, 3.63) is 235 Å². The first-order valence-electron chi connectivity index (χ1n) is 25.2. The summed E-state index contributed by atoms with van der Waals surface area (Å²) in [4.78, 5) is 16.6. The molecule has 0 radical (unpaired) electrons. The summed E-state index contributed by atoms with van der Waals surface area (Å²) >= 11 is 0. The average molecular weight is 934 g/mol. The van der Waals surface area contributed by atoms with Gasteiger partial charge in [-0.05, 0) is 121 Å². The molecule has 0 unspecified atom stereocenters. The van der Waals surface area contributed by atoms with Gasteiger partial charge in [0.1, 0.15) is 0 Å². The maximum absolute atomic E-state index is 5.54. The van der Waals surface area contributed by atoms with Crippen LogP contribution in [0.4, 0.5) is 0 Å². The lowest BCUT2D eigenvalue weighted by atomic mass is 9.86. The van der Waals surface area contributed by atoms with Crippen molar-refractivity contribution in [3.8, 4) is 101 Å². The van der Waals surface area contributed by atoms with Crippen LogP contribution in [-0.4, -0.2) is 15.0 Å². The summed E-state index contributed by atoms with van der Waals surface area (Å²) in [5, 5.41) is 0. The van der Waals surface area contributed by atoms with Crippen LogP contribution < -0.4 is 0 Å². The van der Waals surface area contributed by atoms with Crippen LogP contribution >= 0.6 is 0 Å². The van der Waals surface area contributed by atoms with Gasteiger partial charge in [-0.3, -0.25) is 0 Å². The molecule has 3 aromatic heterocycles. The Balaban J connectivity index is 1.23. The fourth-order valence-corrected chi connectivity index (χ4v) is 9.37. The van der Waals surface area contributed by atoms with Crippen molar-refractivity contribution >= 4 is 0 Å². The highest BCUT2D eigenvalue weighted by atomic mass is 14.7. The lowest BCUT2D eigenvalue weighted by Crippen LogP contribution is -2.10. The zero-order valence-corrected chi connectivity index (χ0v) is 43.1. The number of benzene rings is 7. The van der Waals surface area contributed by atoms with Gasteiger partial charge >= 0.3 is 0 Å². The second-order valence-corrected chi connectivity index (χ2v) is 22.3. The molecule has 10 aromatic rings. The summed E-state index contributed by atoms with van der Waals surface area (Å²) in [6.07, 6.45) is 0.